The minimum absolute atomic E-state index is 0.176. The molecule has 0 fully saturated rings. The Morgan fingerprint density at radius 1 is 1.20 bits per heavy atom. The van der Waals surface area contributed by atoms with E-state index < -0.39 is 17.6 Å². The Morgan fingerprint density at radius 2 is 1.75 bits per heavy atom. The first kappa shape index (κ1) is 16.5. The van der Waals surface area contributed by atoms with Crippen molar-refractivity contribution in [3.63, 3.8) is 0 Å². The van der Waals surface area contributed by atoms with Gasteiger partial charge in [-0.3, -0.25) is 5.32 Å². The van der Waals surface area contributed by atoms with Gasteiger partial charge in [0.2, 0.25) is 0 Å². The summed E-state index contributed by atoms with van der Waals surface area (Å²) >= 11 is 0. The van der Waals surface area contributed by atoms with Crippen LogP contribution in [0, 0.1) is 16.7 Å². The van der Waals surface area contributed by atoms with E-state index in [9.17, 15) is 13.2 Å². The Bertz CT molecular complexity index is 460. The monoisotopic (exact) mass is 284 g/mol. The molecule has 1 aromatic carbocycles. The van der Waals surface area contributed by atoms with Crippen molar-refractivity contribution in [2.75, 3.05) is 0 Å². The first-order valence-electron chi connectivity index (χ1n) is 6.45. The third kappa shape index (κ3) is 4.24. The van der Waals surface area contributed by atoms with Gasteiger partial charge in [-0.2, -0.15) is 18.4 Å². The summed E-state index contributed by atoms with van der Waals surface area (Å²) < 4.78 is 38.6. The summed E-state index contributed by atoms with van der Waals surface area (Å²) in [6.45, 7) is 4.07. The molecule has 1 rings (SSSR count). The molecule has 20 heavy (non-hydrogen) atoms. The Hall–Kier alpha value is -1.54. The van der Waals surface area contributed by atoms with E-state index in [-0.39, 0.29) is 12.5 Å². The van der Waals surface area contributed by atoms with E-state index in [0.717, 1.165) is 19.4 Å². The molecule has 0 heterocycles. The van der Waals surface area contributed by atoms with E-state index in [2.05, 4.69) is 5.32 Å². The van der Waals surface area contributed by atoms with Gasteiger partial charge < -0.3 is 0 Å². The normalized spacial score (nSPS) is 15.4. The van der Waals surface area contributed by atoms with Crippen LogP contribution in [-0.4, -0.2) is 12.2 Å². The molecule has 110 valence electrons. The summed E-state index contributed by atoms with van der Waals surface area (Å²) in [4.78, 5) is 0. The number of nitrogens with zero attached hydrogens (tertiary/aromatic N) is 1. The summed E-state index contributed by atoms with van der Waals surface area (Å²) in [5.74, 6) is 0. The largest absolute Gasteiger partial charge is 0.394 e. The fourth-order valence-electron chi connectivity index (χ4n) is 1.91. The molecule has 0 spiro atoms. The highest BCUT2D eigenvalue weighted by atomic mass is 19.4. The van der Waals surface area contributed by atoms with E-state index in [1.54, 1.807) is 0 Å². The molecule has 0 saturated heterocycles. The molecule has 1 aromatic rings. The maximum Gasteiger partial charge on any atom is 0.394 e. The van der Waals surface area contributed by atoms with Crippen molar-refractivity contribution in [2.24, 2.45) is 5.41 Å². The number of hydrogen-bond donors (Lipinski definition) is 1. The van der Waals surface area contributed by atoms with Crippen LogP contribution in [0.3, 0.4) is 0 Å². The van der Waals surface area contributed by atoms with Gasteiger partial charge in [0.05, 0.1) is 17.5 Å². The lowest BCUT2D eigenvalue weighted by Crippen LogP contribution is -2.40. The van der Waals surface area contributed by atoms with Crippen LogP contribution in [-0.2, 0) is 0 Å². The molecule has 0 amide bonds. The first-order valence-corrected chi connectivity index (χ1v) is 6.45. The summed E-state index contributed by atoms with van der Waals surface area (Å²) in [5.41, 5.74) is -0.950. The van der Waals surface area contributed by atoms with Crippen LogP contribution in [0.25, 0.3) is 0 Å². The highest BCUT2D eigenvalue weighted by Crippen LogP contribution is 2.41. The van der Waals surface area contributed by atoms with Gasteiger partial charge in [-0.15, -0.1) is 0 Å². The van der Waals surface area contributed by atoms with Crippen LogP contribution in [0.5, 0.6) is 0 Å². The van der Waals surface area contributed by atoms with Gasteiger partial charge in [0.1, 0.15) is 0 Å². The predicted octanol–water partition coefficient (Wildman–Crippen LogP) is 4.21. The Balaban J connectivity index is 2.72. The van der Waals surface area contributed by atoms with Crippen molar-refractivity contribution in [3.05, 3.63) is 35.9 Å². The topological polar surface area (TPSA) is 35.8 Å². The SMILES string of the molecule is C[C@@H](N[C@H](C#N)CC(C)(C)C(F)(F)F)c1ccccc1. The fraction of sp³-hybridized carbons (Fsp3) is 0.533. The molecular weight excluding hydrogens is 265 g/mol. The van der Waals surface area contributed by atoms with Gasteiger partial charge in [-0.1, -0.05) is 44.2 Å². The summed E-state index contributed by atoms with van der Waals surface area (Å²) in [7, 11) is 0. The van der Waals surface area contributed by atoms with E-state index in [1.165, 1.54) is 0 Å². The molecule has 0 aromatic heterocycles. The summed E-state index contributed by atoms with van der Waals surface area (Å²) in [6, 6.07) is 10.2. The molecule has 0 radical (unpaired) electrons. The quantitative estimate of drug-likeness (QED) is 0.879. The standard InChI is InChI=1S/C15H19F3N2/c1-11(12-7-5-4-6-8-12)20-13(10-19)9-14(2,3)15(16,17)18/h4-8,11,13,20H,9H2,1-3H3/t11-,13+/m1/s1. The molecular formula is C15H19F3N2. The third-order valence-corrected chi connectivity index (χ3v) is 3.39. The van der Waals surface area contributed by atoms with Crippen LogP contribution in [0.15, 0.2) is 30.3 Å². The van der Waals surface area contributed by atoms with Crippen molar-refractivity contribution in [1.29, 1.82) is 5.26 Å². The minimum Gasteiger partial charge on any atom is -0.295 e. The Labute approximate surface area is 117 Å². The second kappa shape index (κ2) is 6.27. The zero-order chi connectivity index (χ0) is 15.4. The van der Waals surface area contributed by atoms with Crippen LogP contribution in [0.4, 0.5) is 13.2 Å². The summed E-state index contributed by atoms with van der Waals surface area (Å²) in [5, 5.41) is 12.0. The molecule has 1 N–H and O–H groups in total. The number of nitrogens with one attached hydrogen (secondary N) is 1. The van der Waals surface area contributed by atoms with E-state index >= 15 is 0 Å². The van der Waals surface area contributed by atoms with E-state index in [1.807, 2.05) is 43.3 Å². The highest BCUT2D eigenvalue weighted by Gasteiger charge is 2.48. The molecule has 0 bridgehead atoms. The first-order chi connectivity index (χ1) is 9.17. The Kier molecular flexibility index (Phi) is 5.18. The van der Waals surface area contributed by atoms with Gasteiger partial charge in [0.25, 0.3) is 0 Å². The van der Waals surface area contributed by atoms with Crippen LogP contribution >= 0.6 is 0 Å². The van der Waals surface area contributed by atoms with Gasteiger partial charge in [0.15, 0.2) is 0 Å². The maximum atomic E-state index is 12.9. The molecule has 0 aliphatic rings. The minimum atomic E-state index is -4.32. The molecule has 0 saturated carbocycles. The Morgan fingerprint density at radius 3 is 2.20 bits per heavy atom. The smallest absolute Gasteiger partial charge is 0.295 e. The lowest BCUT2D eigenvalue weighted by atomic mass is 9.85. The number of nitriles is 1. The average Bonchev–Trinajstić information content (AvgIpc) is 2.37. The van der Waals surface area contributed by atoms with Gasteiger partial charge in [0, 0.05) is 6.04 Å². The van der Waals surface area contributed by atoms with Gasteiger partial charge >= 0.3 is 6.18 Å². The molecule has 0 aliphatic carbocycles. The predicted molar refractivity (Wildman–Crippen MR) is 71.8 cm³/mol. The van der Waals surface area contributed by atoms with Gasteiger partial charge in [-0.05, 0) is 18.9 Å². The van der Waals surface area contributed by atoms with Crippen molar-refractivity contribution >= 4 is 0 Å². The number of alkyl halides is 3. The second-order valence-corrected chi connectivity index (χ2v) is 5.57. The fourth-order valence-corrected chi connectivity index (χ4v) is 1.91. The number of rotatable bonds is 5. The van der Waals surface area contributed by atoms with Crippen molar-refractivity contribution in [2.45, 2.75) is 45.5 Å². The van der Waals surface area contributed by atoms with Crippen molar-refractivity contribution in [1.82, 2.24) is 5.32 Å². The zero-order valence-electron chi connectivity index (χ0n) is 11.8. The maximum absolute atomic E-state index is 12.9. The molecule has 2 nitrogen and oxygen atoms in total. The second-order valence-electron chi connectivity index (χ2n) is 5.57. The van der Waals surface area contributed by atoms with Crippen molar-refractivity contribution in [3.8, 4) is 6.07 Å². The molecule has 2 atom stereocenters. The zero-order valence-corrected chi connectivity index (χ0v) is 11.8. The number of halogens is 3. The van der Waals surface area contributed by atoms with E-state index in [4.69, 9.17) is 5.26 Å². The lowest BCUT2D eigenvalue weighted by molar-refractivity contribution is -0.214. The molecule has 5 heteroatoms. The number of benzene rings is 1. The van der Waals surface area contributed by atoms with Crippen LogP contribution in [0.1, 0.15) is 38.8 Å². The van der Waals surface area contributed by atoms with Crippen LogP contribution < -0.4 is 5.32 Å². The summed E-state index contributed by atoms with van der Waals surface area (Å²) in [6.07, 6.45) is -4.59. The molecule has 0 unspecified atom stereocenters. The average molecular weight is 284 g/mol. The van der Waals surface area contributed by atoms with Gasteiger partial charge in [-0.25, -0.2) is 0 Å². The van der Waals surface area contributed by atoms with Crippen LogP contribution in [0.2, 0.25) is 0 Å². The third-order valence-electron chi connectivity index (χ3n) is 3.39. The molecule has 0 aliphatic heterocycles. The van der Waals surface area contributed by atoms with E-state index in [0.29, 0.717) is 0 Å². The number of hydrogen-bond acceptors (Lipinski definition) is 2. The highest BCUT2D eigenvalue weighted by molar-refractivity contribution is 5.18. The van der Waals surface area contributed by atoms with Crippen molar-refractivity contribution < 1.29 is 13.2 Å². The lowest BCUT2D eigenvalue weighted by Gasteiger charge is -2.30.